The van der Waals surface area contributed by atoms with Crippen LogP contribution in [0, 0.1) is 5.41 Å². The van der Waals surface area contributed by atoms with Gasteiger partial charge in [0.25, 0.3) is 0 Å². The van der Waals surface area contributed by atoms with Crippen LogP contribution >= 0.6 is 27.5 Å². The molecule has 0 aliphatic carbocycles. The van der Waals surface area contributed by atoms with Crippen LogP contribution in [0.4, 0.5) is 5.82 Å². The first-order valence-electron chi connectivity index (χ1n) is 4.45. The number of hydrogen-bond acceptors (Lipinski definition) is 2. The molecule has 1 amide bonds. The van der Waals surface area contributed by atoms with Gasteiger partial charge in [-0.05, 0) is 41.9 Å². The number of anilines is 1. The molecule has 0 aromatic carbocycles. The van der Waals surface area contributed by atoms with Gasteiger partial charge in [0.2, 0.25) is 5.91 Å². The molecule has 5 heteroatoms. The zero-order valence-corrected chi connectivity index (χ0v) is 10.9. The van der Waals surface area contributed by atoms with Gasteiger partial charge in [-0.1, -0.05) is 0 Å². The lowest BCUT2D eigenvalue weighted by Crippen LogP contribution is -2.32. The Kier molecular flexibility index (Phi) is 4.11. The molecule has 0 spiro atoms. The van der Waals surface area contributed by atoms with E-state index in [0.29, 0.717) is 5.82 Å². The Morgan fingerprint density at radius 3 is 2.73 bits per heavy atom. The summed E-state index contributed by atoms with van der Waals surface area (Å²) >= 11 is 8.96. The molecule has 0 radical (unpaired) electrons. The van der Waals surface area contributed by atoms with Gasteiger partial charge >= 0.3 is 0 Å². The second-order valence-electron chi connectivity index (χ2n) is 3.83. The maximum Gasteiger partial charge on any atom is 0.232 e. The van der Waals surface area contributed by atoms with Crippen molar-refractivity contribution < 1.29 is 4.79 Å². The van der Waals surface area contributed by atoms with Crippen LogP contribution < -0.4 is 5.32 Å². The van der Waals surface area contributed by atoms with E-state index in [0.717, 1.165) is 4.47 Å². The Morgan fingerprint density at radius 1 is 1.60 bits per heavy atom. The maximum absolute atomic E-state index is 11.7. The lowest BCUT2D eigenvalue weighted by molar-refractivity contribution is -0.123. The Balaban J connectivity index is 2.71. The van der Waals surface area contributed by atoms with Gasteiger partial charge in [-0.25, -0.2) is 4.98 Å². The number of carbonyl (C=O) groups is 1. The largest absolute Gasteiger partial charge is 0.310 e. The summed E-state index contributed by atoms with van der Waals surface area (Å²) in [7, 11) is 0. The highest BCUT2D eigenvalue weighted by Gasteiger charge is 2.26. The lowest BCUT2D eigenvalue weighted by Gasteiger charge is -2.19. The highest BCUT2D eigenvalue weighted by atomic mass is 79.9. The van der Waals surface area contributed by atoms with Crippen LogP contribution in [0.5, 0.6) is 0 Å². The predicted molar refractivity (Wildman–Crippen MR) is 65.1 cm³/mol. The van der Waals surface area contributed by atoms with Crippen molar-refractivity contribution in [2.45, 2.75) is 13.8 Å². The molecule has 1 N–H and O–H groups in total. The molecule has 1 aromatic heterocycles. The molecule has 0 atom stereocenters. The van der Waals surface area contributed by atoms with Crippen molar-refractivity contribution in [3.63, 3.8) is 0 Å². The smallest absolute Gasteiger partial charge is 0.232 e. The average molecular weight is 292 g/mol. The monoisotopic (exact) mass is 290 g/mol. The fourth-order valence-corrected chi connectivity index (χ4v) is 1.15. The summed E-state index contributed by atoms with van der Waals surface area (Å²) < 4.78 is 0.872. The second-order valence-corrected chi connectivity index (χ2v) is 5.02. The second kappa shape index (κ2) is 4.94. The van der Waals surface area contributed by atoms with E-state index in [-0.39, 0.29) is 11.8 Å². The zero-order chi connectivity index (χ0) is 11.5. The molecule has 82 valence electrons. The third-order valence-electron chi connectivity index (χ3n) is 1.92. The zero-order valence-electron chi connectivity index (χ0n) is 8.55. The van der Waals surface area contributed by atoms with Crippen LogP contribution in [0.15, 0.2) is 22.8 Å². The number of pyridine rings is 1. The first kappa shape index (κ1) is 12.5. The minimum atomic E-state index is -0.587. The molecule has 0 bridgehead atoms. The number of carbonyl (C=O) groups excluding carboxylic acids is 1. The normalized spacial score (nSPS) is 11.2. The number of nitrogens with zero attached hydrogens (tertiary/aromatic N) is 1. The molecule has 0 aliphatic rings. The number of aromatic nitrogens is 1. The SMILES string of the molecule is CC(C)(CCl)C(=O)Nc1ccc(Br)cn1. The topological polar surface area (TPSA) is 42.0 Å². The number of rotatable bonds is 3. The highest BCUT2D eigenvalue weighted by Crippen LogP contribution is 2.19. The Labute approximate surface area is 102 Å². The molecule has 0 saturated carbocycles. The van der Waals surface area contributed by atoms with Crippen LogP contribution in [0.1, 0.15) is 13.8 Å². The minimum absolute atomic E-state index is 0.132. The summed E-state index contributed by atoms with van der Waals surface area (Å²) in [5.74, 6) is 0.670. The van der Waals surface area contributed by atoms with Gasteiger partial charge in [-0.15, -0.1) is 11.6 Å². The van der Waals surface area contributed by atoms with Crippen molar-refractivity contribution in [3.05, 3.63) is 22.8 Å². The maximum atomic E-state index is 11.7. The van der Waals surface area contributed by atoms with Crippen molar-refractivity contribution in [2.75, 3.05) is 11.2 Å². The molecule has 1 rings (SSSR count). The molecule has 0 unspecified atom stereocenters. The van der Waals surface area contributed by atoms with Gasteiger partial charge in [-0.3, -0.25) is 4.79 Å². The standard InChI is InChI=1S/C10H12BrClN2O/c1-10(2,6-12)9(15)14-8-4-3-7(11)5-13-8/h3-5H,6H2,1-2H3,(H,13,14,15). The van der Waals surface area contributed by atoms with Crippen LogP contribution in [0.2, 0.25) is 0 Å². The van der Waals surface area contributed by atoms with E-state index >= 15 is 0 Å². The molecule has 0 saturated heterocycles. The highest BCUT2D eigenvalue weighted by molar-refractivity contribution is 9.10. The summed E-state index contributed by atoms with van der Waals surface area (Å²) in [6.45, 7) is 3.57. The van der Waals surface area contributed by atoms with E-state index in [1.165, 1.54) is 0 Å². The van der Waals surface area contributed by atoms with Crippen molar-refractivity contribution in [1.29, 1.82) is 0 Å². The van der Waals surface area contributed by atoms with Crippen LogP contribution in [-0.4, -0.2) is 16.8 Å². The van der Waals surface area contributed by atoms with Crippen molar-refractivity contribution in [1.82, 2.24) is 4.98 Å². The molecule has 1 aromatic rings. The molecule has 1 heterocycles. The molecular weight excluding hydrogens is 279 g/mol. The van der Waals surface area contributed by atoms with E-state index in [9.17, 15) is 4.79 Å². The van der Waals surface area contributed by atoms with Crippen LogP contribution in [-0.2, 0) is 4.79 Å². The summed E-state index contributed by atoms with van der Waals surface area (Å²) in [6.07, 6.45) is 1.63. The number of nitrogens with one attached hydrogen (secondary N) is 1. The first-order chi connectivity index (χ1) is 6.95. The van der Waals surface area contributed by atoms with E-state index < -0.39 is 5.41 Å². The minimum Gasteiger partial charge on any atom is -0.310 e. The first-order valence-corrected chi connectivity index (χ1v) is 5.77. The molecule has 15 heavy (non-hydrogen) atoms. The molecule has 3 nitrogen and oxygen atoms in total. The quantitative estimate of drug-likeness (QED) is 0.870. The van der Waals surface area contributed by atoms with E-state index in [1.807, 2.05) is 6.07 Å². The Hall–Kier alpha value is -0.610. The number of hydrogen-bond donors (Lipinski definition) is 1. The Morgan fingerprint density at radius 2 is 2.27 bits per heavy atom. The molecule has 0 aliphatic heterocycles. The van der Waals surface area contributed by atoms with Crippen molar-refractivity contribution in [2.24, 2.45) is 5.41 Å². The number of alkyl halides is 1. The Bertz CT molecular complexity index is 351. The summed E-state index contributed by atoms with van der Waals surface area (Å²) in [5.41, 5.74) is -0.587. The van der Waals surface area contributed by atoms with E-state index in [1.54, 1.807) is 26.1 Å². The van der Waals surface area contributed by atoms with Gasteiger partial charge in [-0.2, -0.15) is 0 Å². The van der Waals surface area contributed by atoms with Gasteiger partial charge in [0.05, 0.1) is 5.41 Å². The fraction of sp³-hybridized carbons (Fsp3) is 0.400. The average Bonchev–Trinajstić information content (AvgIpc) is 2.21. The fourth-order valence-electron chi connectivity index (χ4n) is 0.796. The lowest BCUT2D eigenvalue weighted by atomic mass is 9.95. The van der Waals surface area contributed by atoms with E-state index in [4.69, 9.17) is 11.6 Å². The number of amides is 1. The van der Waals surface area contributed by atoms with Crippen molar-refractivity contribution >= 4 is 39.3 Å². The van der Waals surface area contributed by atoms with Gasteiger partial charge in [0.1, 0.15) is 5.82 Å². The molecular formula is C10H12BrClN2O. The summed E-state index contributed by atoms with van der Waals surface area (Å²) in [4.78, 5) is 15.7. The third-order valence-corrected chi connectivity index (χ3v) is 3.05. The predicted octanol–water partition coefficient (Wildman–Crippen LogP) is 3.05. The van der Waals surface area contributed by atoms with Crippen LogP contribution in [0.25, 0.3) is 0 Å². The van der Waals surface area contributed by atoms with Gasteiger partial charge < -0.3 is 5.32 Å². The third kappa shape index (κ3) is 3.47. The van der Waals surface area contributed by atoms with E-state index in [2.05, 4.69) is 26.2 Å². The van der Waals surface area contributed by atoms with Crippen molar-refractivity contribution in [3.8, 4) is 0 Å². The molecule has 0 fully saturated rings. The van der Waals surface area contributed by atoms with Gasteiger partial charge in [0, 0.05) is 16.5 Å². The van der Waals surface area contributed by atoms with Gasteiger partial charge in [0.15, 0.2) is 0 Å². The number of halogens is 2. The summed E-state index contributed by atoms with van der Waals surface area (Å²) in [5, 5.41) is 2.70. The summed E-state index contributed by atoms with van der Waals surface area (Å²) in [6, 6.07) is 3.54. The van der Waals surface area contributed by atoms with Crippen LogP contribution in [0.3, 0.4) is 0 Å².